The van der Waals surface area contributed by atoms with Crippen LogP contribution in [0.25, 0.3) is 0 Å². The Bertz CT molecular complexity index is 400. The Morgan fingerprint density at radius 2 is 1.94 bits per heavy atom. The van der Waals surface area contributed by atoms with Crippen molar-refractivity contribution in [3.8, 4) is 0 Å². The largest absolute Gasteiger partial charge is 0.393 e. The smallest absolute Gasteiger partial charge is 0.317 e. The van der Waals surface area contributed by atoms with Gasteiger partial charge in [0.1, 0.15) is 5.82 Å². The number of piperidine rings is 1. The minimum absolute atomic E-state index is 0.133. The highest BCUT2D eigenvalue weighted by molar-refractivity contribution is 5.74. The molecule has 1 fully saturated rings. The van der Waals surface area contributed by atoms with Gasteiger partial charge in [-0.3, -0.25) is 0 Å². The van der Waals surface area contributed by atoms with Crippen molar-refractivity contribution in [2.45, 2.75) is 25.5 Å². The third kappa shape index (κ3) is 3.43. The van der Waals surface area contributed by atoms with Crippen LogP contribution < -0.4 is 5.32 Å². The Morgan fingerprint density at radius 3 is 2.56 bits per heavy atom. The molecule has 98 valence electrons. The molecule has 1 aliphatic rings. The molecule has 1 aliphatic heterocycles. The zero-order chi connectivity index (χ0) is 13.0. The number of amides is 2. The van der Waals surface area contributed by atoms with Crippen LogP contribution in [0.15, 0.2) is 24.3 Å². The van der Waals surface area contributed by atoms with Crippen molar-refractivity contribution in [1.82, 2.24) is 10.2 Å². The summed E-state index contributed by atoms with van der Waals surface area (Å²) in [5.74, 6) is -0.282. The van der Waals surface area contributed by atoms with Crippen molar-refractivity contribution in [3.05, 3.63) is 35.6 Å². The molecule has 1 aromatic carbocycles. The first-order valence-electron chi connectivity index (χ1n) is 6.10. The summed E-state index contributed by atoms with van der Waals surface area (Å²) in [6, 6.07) is 5.91. The molecule has 1 heterocycles. The normalized spacial score (nSPS) is 16.7. The maximum Gasteiger partial charge on any atom is 0.317 e. The zero-order valence-corrected chi connectivity index (χ0v) is 10.1. The third-order valence-electron chi connectivity index (χ3n) is 3.11. The number of urea groups is 1. The lowest BCUT2D eigenvalue weighted by Crippen LogP contribution is -2.45. The number of rotatable bonds is 2. The lowest BCUT2D eigenvalue weighted by molar-refractivity contribution is 0.0936. The van der Waals surface area contributed by atoms with Crippen LogP contribution in [0.4, 0.5) is 9.18 Å². The van der Waals surface area contributed by atoms with Crippen molar-refractivity contribution >= 4 is 6.03 Å². The Morgan fingerprint density at radius 1 is 1.33 bits per heavy atom. The molecule has 18 heavy (non-hydrogen) atoms. The van der Waals surface area contributed by atoms with Crippen LogP contribution in [0, 0.1) is 5.82 Å². The number of hydrogen-bond acceptors (Lipinski definition) is 2. The van der Waals surface area contributed by atoms with E-state index in [1.807, 2.05) is 0 Å². The molecule has 2 amide bonds. The summed E-state index contributed by atoms with van der Waals surface area (Å²) in [6.45, 7) is 1.55. The summed E-state index contributed by atoms with van der Waals surface area (Å²) >= 11 is 0. The maximum absolute atomic E-state index is 12.7. The molecule has 1 aromatic rings. The van der Waals surface area contributed by atoms with E-state index in [-0.39, 0.29) is 18.0 Å². The van der Waals surface area contributed by atoms with Crippen LogP contribution in [-0.4, -0.2) is 35.2 Å². The van der Waals surface area contributed by atoms with Gasteiger partial charge in [-0.2, -0.15) is 0 Å². The number of likely N-dealkylation sites (tertiary alicyclic amines) is 1. The topological polar surface area (TPSA) is 52.6 Å². The van der Waals surface area contributed by atoms with Crippen LogP contribution in [-0.2, 0) is 6.54 Å². The number of carbonyl (C=O) groups excluding carboxylic acids is 1. The van der Waals surface area contributed by atoms with E-state index in [0.717, 1.165) is 5.56 Å². The molecule has 0 saturated carbocycles. The highest BCUT2D eigenvalue weighted by Gasteiger charge is 2.20. The molecule has 2 rings (SSSR count). The van der Waals surface area contributed by atoms with Gasteiger partial charge in [0.05, 0.1) is 6.10 Å². The third-order valence-corrected chi connectivity index (χ3v) is 3.11. The summed E-state index contributed by atoms with van der Waals surface area (Å²) in [6.07, 6.45) is 0.972. The molecule has 0 spiro atoms. The first-order chi connectivity index (χ1) is 8.65. The second kappa shape index (κ2) is 5.82. The molecule has 4 nitrogen and oxygen atoms in total. The Labute approximate surface area is 105 Å². The van der Waals surface area contributed by atoms with Crippen LogP contribution >= 0.6 is 0 Å². The van der Waals surface area contributed by atoms with E-state index < -0.39 is 0 Å². The number of nitrogens with one attached hydrogen (secondary N) is 1. The zero-order valence-electron chi connectivity index (χ0n) is 10.1. The van der Waals surface area contributed by atoms with Crippen molar-refractivity contribution < 1.29 is 14.3 Å². The fourth-order valence-corrected chi connectivity index (χ4v) is 1.96. The van der Waals surface area contributed by atoms with Gasteiger partial charge in [0, 0.05) is 19.6 Å². The summed E-state index contributed by atoms with van der Waals surface area (Å²) in [7, 11) is 0. The van der Waals surface area contributed by atoms with Gasteiger partial charge in [-0.1, -0.05) is 12.1 Å². The number of aliphatic hydroxyl groups excluding tert-OH is 1. The number of nitrogens with zero attached hydrogens (tertiary/aromatic N) is 1. The van der Waals surface area contributed by atoms with E-state index in [4.69, 9.17) is 0 Å². The molecule has 1 saturated heterocycles. The minimum Gasteiger partial charge on any atom is -0.393 e. The summed E-state index contributed by atoms with van der Waals surface area (Å²) in [5, 5.41) is 12.1. The number of hydrogen-bond donors (Lipinski definition) is 2. The number of benzene rings is 1. The second-order valence-corrected chi connectivity index (χ2v) is 4.50. The maximum atomic E-state index is 12.7. The quantitative estimate of drug-likeness (QED) is 0.838. The van der Waals surface area contributed by atoms with E-state index in [1.165, 1.54) is 12.1 Å². The predicted octanol–water partition coefficient (Wildman–Crippen LogP) is 1.49. The van der Waals surface area contributed by atoms with Crippen molar-refractivity contribution in [3.63, 3.8) is 0 Å². The molecular weight excluding hydrogens is 235 g/mol. The fraction of sp³-hybridized carbons (Fsp3) is 0.462. The van der Waals surface area contributed by atoms with Crippen LogP contribution in [0.1, 0.15) is 18.4 Å². The Balaban J connectivity index is 1.79. The van der Waals surface area contributed by atoms with Crippen LogP contribution in [0.3, 0.4) is 0 Å². The monoisotopic (exact) mass is 252 g/mol. The van der Waals surface area contributed by atoms with Gasteiger partial charge >= 0.3 is 6.03 Å². The van der Waals surface area contributed by atoms with Gasteiger partial charge in [0.2, 0.25) is 0 Å². The molecule has 0 radical (unpaired) electrons. The lowest BCUT2D eigenvalue weighted by Gasteiger charge is -2.29. The van der Waals surface area contributed by atoms with Crippen molar-refractivity contribution in [1.29, 1.82) is 0 Å². The average molecular weight is 252 g/mol. The van der Waals surface area contributed by atoms with Gasteiger partial charge < -0.3 is 15.3 Å². The molecule has 5 heteroatoms. The minimum atomic E-state index is -0.286. The summed E-state index contributed by atoms with van der Waals surface area (Å²) in [4.78, 5) is 13.5. The standard InChI is InChI=1S/C13H17FN2O2/c14-11-3-1-10(2-4-11)9-15-13(18)16-7-5-12(17)6-8-16/h1-4,12,17H,5-9H2,(H,15,18). The Kier molecular flexibility index (Phi) is 4.15. The van der Waals surface area contributed by atoms with Gasteiger partial charge in [-0.25, -0.2) is 9.18 Å². The molecule has 0 unspecified atom stereocenters. The highest BCUT2D eigenvalue weighted by Crippen LogP contribution is 2.10. The van der Waals surface area contributed by atoms with Gasteiger partial charge in [-0.05, 0) is 30.5 Å². The lowest BCUT2D eigenvalue weighted by atomic mass is 10.1. The van der Waals surface area contributed by atoms with Gasteiger partial charge in [0.15, 0.2) is 0 Å². The first kappa shape index (κ1) is 12.8. The average Bonchev–Trinajstić information content (AvgIpc) is 2.38. The first-order valence-corrected chi connectivity index (χ1v) is 6.10. The second-order valence-electron chi connectivity index (χ2n) is 4.50. The SMILES string of the molecule is O=C(NCc1ccc(F)cc1)N1CCC(O)CC1. The number of carbonyl (C=O) groups is 1. The number of aliphatic hydroxyl groups is 1. The fourth-order valence-electron chi connectivity index (χ4n) is 1.96. The van der Waals surface area contributed by atoms with E-state index >= 15 is 0 Å². The van der Waals surface area contributed by atoms with E-state index in [0.29, 0.717) is 32.5 Å². The predicted molar refractivity (Wildman–Crippen MR) is 65.4 cm³/mol. The van der Waals surface area contributed by atoms with Crippen LogP contribution in [0.2, 0.25) is 0 Å². The summed E-state index contributed by atoms with van der Waals surface area (Å²) < 4.78 is 12.7. The molecule has 0 aliphatic carbocycles. The Hall–Kier alpha value is -1.62. The van der Waals surface area contributed by atoms with Gasteiger partial charge in [-0.15, -0.1) is 0 Å². The van der Waals surface area contributed by atoms with E-state index in [1.54, 1.807) is 17.0 Å². The molecule has 0 aromatic heterocycles. The summed E-state index contributed by atoms with van der Waals surface area (Å²) in [5.41, 5.74) is 0.863. The van der Waals surface area contributed by atoms with Crippen molar-refractivity contribution in [2.24, 2.45) is 0 Å². The number of halogens is 1. The molecule has 2 N–H and O–H groups in total. The highest BCUT2D eigenvalue weighted by atomic mass is 19.1. The molecular formula is C13H17FN2O2. The molecule has 0 bridgehead atoms. The van der Waals surface area contributed by atoms with Gasteiger partial charge in [0.25, 0.3) is 0 Å². The van der Waals surface area contributed by atoms with E-state index in [9.17, 15) is 14.3 Å². The molecule has 0 atom stereocenters. The van der Waals surface area contributed by atoms with Crippen LogP contribution in [0.5, 0.6) is 0 Å². The van der Waals surface area contributed by atoms with Crippen molar-refractivity contribution in [2.75, 3.05) is 13.1 Å². The van der Waals surface area contributed by atoms with E-state index in [2.05, 4.69) is 5.32 Å².